The predicted molar refractivity (Wildman–Crippen MR) is 66.6 cm³/mol. The highest BCUT2D eigenvalue weighted by Crippen LogP contribution is 2.43. The van der Waals surface area contributed by atoms with Crippen molar-refractivity contribution in [2.45, 2.75) is 52.1 Å². The summed E-state index contributed by atoms with van der Waals surface area (Å²) in [5.41, 5.74) is 0. The van der Waals surface area contributed by atoms with Gasteiger partial charge in [-0.25, -0.2) is 0 Å². The second kappa shape index (κ2) is 4.41. The quantitative estimate of drug-likeness (QED) is 0.870. The molecule has 94 valence electrons. The Labute approximate surface area is 103 Å². The van der Waals surface area contributed by atoms with Gasteiger partial charge < -0.3 is 9.88 Å². The summed E-state index contributed by atoms with van der Waals surface area (Å²) in [6.07, 6.45) is 5.30. The average molecular weight is 234 g/mol. The van der Waals surface area contributed by atoms with E-state index in [1.165, 1.54) is 31.6 Å². The van der Waals surface area contributed by atoms with Crippen molar-refractivity contribution in [1.29, 1.82) is 0 Å². The van der Waals surface area contributed by atoms with E-state index in [0.29, 0.717) is 6.04 Å². The fourth-order valence-electron chi connectivity index (χ4n) is 3.60. The normalized spacial score (nSPS) is 32.0. The van der Waals surface area contributed by atoms with Crippen molar-refractivity contribution in [2.24, 2.45) is 11.8 Å². The molecule has 1 aromatic rings. The molecule has 0 spiro atoms. The van der Waals surface area contributed by atoms with Gasteiger partial charge in [0.1, 0.15) is 11.6 Å². The van der Waals surface area contributed by atoms with Crippen LogP contribution in [0.1, 0.15) is 50.3 Å². The van der Waals surface area contributed by atoms with Crippen molar-refractivity contribution in [3.8, 4) is 0 Å². The number of nitrogens with zero attached hydrogens (tertiary/aromatic N) is 3. The van der Waals surface area contributed by atoms with Gasteiger partial charge in [0.15, 0.2) is 0 Å². The zero-order chi connectivity index (χ0) is 11.8. The smallest absolute Gasteiger partial charge is 0.150 e. The van der Waals surface area contributed by atoms with Crippen LogP contribution in [0.3, 0.4) is 0 Å². The van der Waals surface area contributed by atoms with E-state index < -0.39 is 0 Å². The summed E-state index contributed by atoms with van der Waals surface area (Å²) < 4.78 is 2.30. The van der Waals surface area contributed by atoms with Crippen molar-refractivity contribution in [3.63, 3.8) is 0 Å². The third-order valence-corrected chi connectivity index (χ3v) is 4.44. The minimum Gasteiger partial charge on any atom is -0.314 e. The molecular formula is C13H22N4. The monoisotopic (exact) mass is 234 g/mol. The summed E-state index contributed by atoms with van der Waals surface area (Å²) >= 11 is 0. The molecule has 1 aromatic heterocycles. The van der Waals surface area contributed by atoms with E-state index >= 15 is 0 Å². The number of rotatable bonds is 3. The first-order chi connectivity index (χ1) is 8.31. The lowest BCUT2D eigenvalue weighted by Gasteiger charge is -2.18. The Morgan fingerprint density at radius 1 is 1.35 bits per heavy atom. The molecule has 0 aromatic carbocycles. The molecule has 2 heterocycles. The Balaban J connectivity index is 1.88. The lowest BCUT2D eigenvalue weighted by atomic mass is 9.93. The Kier molecular flexibility index (Phi) is 2.90. The number of fused-ring (bicyclic) bond motifs is 1. The largest absolute Gasteiger partial charge is 0.314 e. The van der Waals surface area contributed by atoms with Crippen LogP contribution in [-0.4, -0.2) is 21.3 Å². The van der Waals surface area contributed by atoms with Crippen LogP contribution >= 0.6 is 0 Å². The third kappa shape index (κ3) is 1.79. The second-order valence-corrected chi connectivity index (χ2v) is 5.50. The molecule has 2 aliphatic rings. The Morgan fingerprint density at radius 3 is 3.06 bits per heavy atom. The summed E-state index contributed by atoms with van der Waals surface area (Å²) in [6, 6.07) is 0.454. The molecule has 0 amide bonds. The van der Waals surface area contributed by atoms with Crippen LogP contribution in [0, 0.1) is 18.8 Å². The maximum Gasteiger partial charge on any atom is 0.150 e. The molecule has 1 saturated carbocycles. The lowest BCUT2D eigenvalue weighted by Crippen LogP contribution is -2.22. The van der Waals surface area contributed by atoms with Gasteiger partial charge in [-0.15, -0.1) is 10.2 Å². The molecule has 3 unspecified atom stereocenters. The number of aromatic nitrogens is 3. The molecule has 1 aliphatic carbocycles. The van der Waals surface area contributed by atoms with E-state index in [0.717, 1.165) is 30.6 Å². The van der Waals surface area contributed by atoms with Crippen LogP contribution in [-0.2, 0) is 6.54 Å². The molecule has 17 heavy (non-hydrogen) atoms. The van der Waals surface area contributed by atoms with Gasteiger partial charge in [0.25, 0.3) is 0 Å². The second-order valence-electron chi connectivity index (χ2n) is 5.50. The van der Waals surface area contributed by atoms with Gasteiger partial charge >= 0.3 is 0 Å². The molecule has 1 N–H and O–H groups in total. The number of aryl methyl sites for hydroxylation is 1. The lowest BCUT2D eigenvalue weighted by molar-refractivity contribution is 0.393. The van der Waals surface area contributed by atoms with E-state index in [4.69, 9.17) is 0 Å². The van der Waals surface area contributed by atoms with Crippen LogP contribution in [0.5, 0.6) is 0 Å². The molecule has 2 fully saturated rings. The van der Waals surface area contributed by atoms with Gasteiger partial charge in [-0.2, -0.15) is 0 Å². The Morgan fingerprint density at radius 2 is 2.24 bits per heavy atom. The summed E-state index contributed by atoms with van der Waals surface area (Å²) in [7, 11) is 0. The molecule has 4 nitrogen and oxygen atoms in total. The van der Waals surface area contributed by atoms with Crippen LogP contribution in [0.2, 0.25) is 0 Å². The third-order valence-electron chi connectivity index (χ3n) is 4.44. The highest BCUT2D eigenvalue weighted by atomic mass is 15.3. The first kappa shape index (κ1) is 11.2. The van der Waals surface area contributed by atoms with Crippen LogP contribution in [0.15, 0.2) is 0 Å². The molecule has 0 radical (unpaired) electrons. The van der Waals surface area contributed by atoms with Gasteiger partial charge in [-0.1, -0.05) is 13.3 Å². The molecule has 0 bridgehead atoms. The van der Waals surface area contributed by atoms with E-state index in [2.05, 4.69) is 33.9 Å². The van der Waals surface area contributed by atoms with Gasteiger partial charge in [0, 0.05) is 6.54 Å². The van der Waals surface area contributed by atoms with Crippen LogP contribution in [0.25, 0.3) is 0 Å². The van der Waals surface area contributed by atoms with E-state index in [-0.39, 0.29) is 0 Å². The molecule has 1 saturated heterocycles. The fourth-order valence-corrected chi connectivity index (χ4v) is 3.60. The maximum absolute atomic E-state index is 4.43. The molecular weight excluding hydrogens is 212 g/mol. The number of nitrogens with one attached hydrogen (secondary N) is 1. The summed E-state index contributed by atoms with van der Waals surface area (Å²) in [5, 5.41) is 12.4. The molecule has 3 rings (SSSR count). The van der Waals surface area contributed by atoms with E-state index in [1.54, 1.807) is 0 Å². The van der Waals surface area contributed by atoms with Gasteiger partial charge in [0.05, 0.1) is 6.04 Å². The molecule has 1 aliphatic heterocycles. The van der Waals surface area contributed by atoms with Crippen LogP contribution in [0.4, 0.5) is 0 Å². The van der Waals surface area contributed by atoms with Crippen molar-refractivity contribution < 1.29 is 0 Å². The maximum atomic E-state index is 4.43. The Hall–Kier alpha value is -0.900. The topological polar surface area (TPSA) is 42.7 Å². The Bertz CT molecular complexity index is 398. The summed E-state index contributed by atoms with van der Waals surface area (Å²) in [5.74, 6) is 3.92. The predicted octanol–water partition coefficient (Wildman–Crippen LogP) is 2.06. The first-order valence-electron chi connectivity index (χ1n) is 6.94. The first-order valence-corrected chi connectivity index (χ1v) is 6.94. The molecule has 4 heteroatoms. The van der Waals surface area contributed by atoms with Crippen molar-refractivity contribution in [2.75, 3.05) is 6.54 Å². The fraction of sp³-hybridized carbons (Fsp3) is 0.846. The zero-order valence-corrected chi connectivity index (χ0v) is 10.8. The van der Waals surface area contributed by atoms with Crippen LogP contribution < -0.4 is 5.32 Å². The number of hydrogen-bond acceptors (Lipinski definition) is 3. The van der Waals surface area contributed by atoms with Crippen molar-refractivity contribution in [3.05, 3.63) is 11.6 Å². The summed E-state index contributed by atoms with van der Waals surface area (Å²) in [6.45, 7) is 6.49. The highest BCUT2D eigenvalue weighted by molar-refractivity contribution is 5.08. The van der Waals surface area contributed by atoms with Crippen molar-refractivity contribution >= 4 is 0 Å². The van der Waals surface area contributed by atoms with E-state index in [9.17, 15) is 0 Å². The van der Waals surface area contributed by atoms with E-state index in [1.807, 2.05) is 0 Å². The summed E-state index contributed by atoms with van der Waals surface area (Å²) in [4.78, 5) is 0. The average Bonchev–Trinajstić information content (AvgIpc) is 2.96. The minimum atomic E-state index is 0.454. The SMILES string of the molecule is CCCn1c(C)nnc1C1NCC2CCCC21. The minimum absolute atomic E-state index is 0.454. The van der Waals surface area contributed by atoms with Crippen molar-refractivity contribution in [1.82, 2.24) is 20.1 Å². The molecule has 3 atom stereocenters. The standard InChI is InChI=1S/C13H22N4/c1-3-7-17-9(2)15-16-13(17)12-11-6-4-5-10(11)8-14-12/h10-12,14H,3-8H2,1-2H3. The zero-order valence-electron chi connectivity index (χ0n) is 10.8. The van der Waals surface area contributed by atoms with Gasteiger partial charge in [0.2, 0.25) is 0 Å². The van der Waals surface area contributed by atoms with Gasteiger partial charge in [-0.3, -0.25) is 0 Å². The number of hydrogen-bond donors (Lipinski definition) is 1. The highest BCUT2D eigenvalue weighted by Gasteiger charge is 2.41. The van der Waals surface area contributed by atoms with Gasteiger partial charge in [-0.05, 0) is 44.6 Å².